The Morgan fingerprint density at radius 2 is 2.08 bits per heavy atom. The quantitative estimate of drug-likeness (QED) is 0.573. The van der Waals surface area contributed by atoms with Gasteiger partial charge in [0.05, 0.1) is 28.2 Å². The van der Waals surface area contributed by atoms with Crippen LogP contribution in [-0.4, -0.2) is 29.8 Å². The van der Waals surface area contributed by atoms with E-state index in [0.29, 0.717) is 28.2 Å². The van der Waals surface area contributed by atoms with Crippen LogP contribution in [0.2, 0.25) is 5.02 Å². The number of hydrogen-bond donors (Lipinski definition) is 2. The number of aliphatic hydroxyl groups is 1. The molecule has 0 saturated carbocycles. The van der Waals surface area contributed by atoms with Crippen molar-refractivity contribution in [2.45, 2.75) is 6.61 Å². The van der Waals surface area contributed by atoms with Crippen LogP contribution in [0, 0.1) is 5.82 Å². The van der Waals surface area contributed by atoms with Crippen molar-refractivity contribution in [2.75, 3.05) is 5.32 Å². The average molecular weight is 371 g/mol. The summed E-state index contributed by atoms with van der Waals surface area (Å²) in [5.74, 6) is 0.487. The van der Waals surface area contributed by atoms with Crippen LogP contribution in [0.1, 0.15) is 5.69 Å². The largest absolute Gasteiger partial charge is 0.390 e. The molecule has 0 radical (unpaired) electrons. The zero-order valence-corrected chi connectivity index (χ0v) is 14.0. The van der Waals surface area contributed by atoms with Gasteiger partial charge in [-0.2, -0.15) is 5.10 Å². The van der Waals surface area contributed by atoms with Gasteiger partial charge in [-0.3, -0.25) is 0 Å². The number of nitrogens with zero attached hydrogens (tertiary/aromatic N) is 5. The molecule has 7 nitrogen and oxygen atoms in total. The SMILES string of the molecule is OCc1cc(Nc2nccc3nn(-c4c(F)cccc4Cl)cc23)ncn1. The minimum Gasteiger partial charge on any atom is -0.390 e. The van der Waals surface area contributed by atoms with Crippen molar-refractivity contribution in [1.82, 2.24) is 24.7 Å². The molecule has 4 aromatic rings. The number of nitrogens with one attached hydrogen (secondary N) is 1. The number of aromatic nitrogens is 5. The second kappa shape index (κ2) is 6.66. The molecule has 9 heteroatoms. The van der Waals surface area contributed by atoms with Crippen molar-refractivity contribution in [3.05, 3.63) is 65.6 Å². The van der Waals surface area contributed by atoms with E-state index in [0.717, 1.165) is 0 Å². The van der Waals surface area contributed by atoms with Crippen LogP contribution in [0.15, 0.2) is 49.1 Å². The lowest BCUT2D eigenvalue weighted by Gasteiger charge is -2.06. The Bertz CT molecular complexity index is 1080. The number of pyridine rings is 1. The highest BCUT2D eigenvalue weighted by Crippen LogP contribution is 2.28. The van der Waals surface area contributed by atoms with E-state index in [9.17, 15) is 9.50 Å². The van der Waals surface area contributed by atoms with Crippen LogP contribution in [0.3, 0.4) is 0 Å². The lowest BCUT2D eigenvalue weighted by atomic mass is 10.3. The number of para-hydroxylation sites is 1. The second-order valence-corrected chi connectivity index (χ2v) is 5.82. The van der Waals surface area contributed by atoms with E-state index in [4.69, 9.17) is 11.6 Å². The van der Waals surface area contributed by atoms with Gasteiger partial charge in [0.2, 0.25) is 0 Å². The summed E-state index contributed by atoms with van der Waals surface area (Å²) in [4.78, 5) is 12.3. The molecule has 3 heterocycles. The highest BCUT2D eigenvalue weighted by atomic mass is 35.5. The van der Waals surface area contributed by atoms with Gasteiger partial charge in [0.15, 0.2) is 0 Å². The van der Waals surface area contributed by atoms with Gasteiger partial charge in [0.1, 0.15) is 29.5 Å². The van der Waals surface area contributed by atoms with E-state index in [1.165, 1.54) is 23.1 Å². The molecule has 0 unspecified atom stereocenters. The summed E-state index contributed by atoms with van der Waals surface area (Å²) in [6.07, 6.45) is 4.57. The Labute approximate surface area is 152 Å². The molecule has 0 aliphatic carbocycles. The number of aliphatic hydroxyl groups excluding tert-OH is 1. The standard InChI is InChI=1S/C17H12ClFN6O/c18-12-2-1-3-13(19)16(12)25-7-11-14(24-25)4-5-20-17(11)23-15-6-10(8-26)21-9-22-15/h1-7,9,26H,8H2,(H,20,21,22,23). The maximum atomic E-state index is 14.2. The molecular formula is C17H12ClFN6O. The Kier molecular flexibility index (Phi) is 4.19. The van der Waals surface area contributed by atoms with Gasteiger partial charge in [0.25, 0.3) is 0 Å². The Balaban J connectivity index is 1.79. The molecule has 0 bridgehead atoms. The third kappa shape index (κ3) is 2.96. The molecule has 0 atom stereocenters. The van der Waals surface area contributed by atoms with E-state index < -0.39 is 5.82 Å². The zero-order valence-electron chi connectivity index (χ0n) is 13.3. The molecule has 1 aromatic carbocycles. The normalized spacial score (nSPS) is 11.0. The number of halogens is 2. The van der Waals surface area contributed by atoms with E-state index in [2.05, 4.69) is 25.4 Å². The van der Waals surface area contributed by atoms with Gasteiger partial charge < -0.3 is 10.4 Å². The van der Waals surface area contributed by atoms with Crippen LogP contribution in [0.4, 0.5) is 16.0 Å². The van der Waals surface area contributed by atoms with E-state index in [-0.39, 0.29) is 17.3 Å². The van der Waals surface area contributed by atoms with E-state index >= 15 is 0 Å². The van der Waals surface area contributed by atoms with Crippen LogP contribution in [0.25, 0.3) is 16.6 Å². The third-order valence-electron chi connectivity index (χ3n) is 3.73. The predicted octanol–water partition coefficient (Wildman–Crippen LogP) is 3.24. The minimum absolute atomic E-state index is 0.168. The lowest BCUT2D eigenvalue weighted by Crippen LogP contribution is -1.99. The molecule has 3 aromatic heterocycles. The van der Waals surface area contributed by atoms with Crippen molar-refractivity contribution in [3.63, 3.8) is 0 Å². The second-order valence-electron chi connectivity index (χ2n) is 5.41. The number of anilines is 2. The number of fused-ring (bicyclic) bond motifs is 1. The zero-order chi connectivity index (χ0) is 18.1. The van der Waals surface area contributed by atoms with Crippen LogP contribution in [0.5, 0.6) is 0 Å². The van der Waals surface area contributed by atoms with Crippen molar-refractivity contribution in [1.29, 1.82) is 0 Å². The Morgan fingerprint density at radius 3 is 2.88 bits per heavy atom. The van der Waals surface area contributed by atoms with Gasteiger partial charge in [0, 0.05) is 18.5 Å². The third-order valence-corrected chi connectivity index (χ3v) is 4.04. The van der Waals surface area contributed by atoms with Crippen LogP contribution < -0.4 is 5.32 Å². The first kappa shape index (κ1) is 16.4. The molecule has 4 rings (SSSR count). The van der Waals surface area contributed by atoms with Gasteiger partial charge in [-0.1, -0.05) is 17.7 Å². The average Bonchev–Trinajstić information content (AvgIpc) is 3.06. The number of rotatable bonds is 4. The highest BCUT2D eigenvalue weighted by molar-refractivity contribution is 6.32. The first-order valence-electron chi connectivity index (χ1n) is 7.63. The van der Waals surface area contributed by atoms with E-state index in [1.807, 2.05) is 0 Å². The van der Waals surface area contributed by atoms with Gasteiger partial charge in [-0.25, -0.2) is 24.0 Å². The Morgan fingerprint density at radius 1 is 1.19 bits per heavy atom. The summed E-state index contributed by atoms with van der Waals surface area (Å²) in [5, 5.41) is 17.5. The lowest BCUT2D eigenvalue weighted by molar-refractivity contribution is 0.276. The summed E-state index contributed by atoms with van der Waals surface area (Å²) in [7, 11) is 0. The molecule has 0 aliphatic heterocycles. The highest BCUT2D eigenvalue weighted by Gasteiger charge is 2.14. The van der Waals surface area contributed by atoms with Crippen LogP contribution >= 0.6 is 11.6 Å². The maximum Gasteiger partial charge on any atom is 0.150 e. The summed E-state index contributed by atoms with van der Waals surface area (Å²) in [6.45, 7) is -0.196. The fraction of sp³-hybridized carbons (Fsp3) is 0.0588. The molecule has 0 fully saturated rings. The summed E-state index contributed by atoms with van der Waals surface area (Å²) in [5.41, 5.74) is 1.25. The first-order chi connectivity index (χ1) is 12.7. The number of benzene rings is 1. The maximum absolute atomic E-state index is 14.2. The summed E-state index contributed by atoms with van der Waals surface area (Å²) in [6, 6.07) is 7.78. The van der Waals surface area contributed by atoms with Crippen molar-refractivity contribution in [3.8, 4) is 5.69 Å². The fourth-order valence-corrected chi connectivity index (χ4v) is 2.79. The van der Waals surface area contributed by atoms with Crippen molar-refractivity contribution in [2.24, 2.45) is 0 Å². The van der Waals surface area contributed by atoms with E-state index in [1.54, 1.807) is 30.6 Å². The minimum atomic E-state index is -0.476. The smallest absolute Gasteiger partial charge is 0.150 e. The summed E-state index contributed by atoms with van der Waals surface area (Å²) < 4.78 is 15.6. The monoisotopic (exact) mass is 370 g/mol. The first-order valence-corrected chi connectivity index (χ1v) is 8.01. The van der Waals surface area contributed by atoms with Crippen molar-refractivity contribution < 1.29 is 9.50 Å². The summed E-state index contributed by atoms with van der Waals surface area (Å²) >= 11 is 6.12. The molecule has 2 N–H and O–H groups in total. The van der Waals surface area contributed by atoms with Crippen LogP contribution in [-0.2, 0) is 6.61 Å². The Hall–Kier alpha value is -3.10. The molecule has 130 valence electrons. The molecule has 0 saturated heterocycles. The van der Waals surface area contributed by atoms with Gasteiger partial charge >= 0.3 is 0 Å². The molecular weight excluding hydrogens is 359 g/mol. The molecule has 0 amide bonds. The van der Waals surface area contributed by atoms with Gasteiger partial charge in [-0.05, 0) is 18.2 Å². The molecule has 0 spiro atoms. The fourth-order valence-electron chi connectivity index (χ4n) is 2.54. The van der Waals surface area contributed by atoms with Crippen molar-refractivity contribution >= 4 is 34.1 Å². The number of hydrogen-bond acceptors (Lipinski definition) is 6. The molecule has 26 heavy (non-hydrogen) atoms. The topological polar surface area (TPSA) is 88.8 Å². The van der Waals surface area contributed by atoms with Gasteiger partial charge in [-0.15, -0.1) is 0 Å². The predicted molar refractivity (Wildman–Crippen MR) is 95.1 cm³/mol. The molecule has 0 aliphatic rings.